The number of aromatic nitrogens is 1. The van der Waals surface area contributed by atoms with Crippen LogP contribution in [0.25, 0.3) is 10.9 Å². The topological polar surface area (TPSA) is 87.0 Å². The van der Waals surface area contributed by atoms with Crippen LogP contribution in [0.2, 0.25) is 0 Å². The minimum atomic E-state index is -4.88. The molecule has 1 unspecified atom stereocenters. The zero-order chi connectivity index (χ0) is 29.0. The number of halogens is 3. The number of carboxylic acids is 1. The van der Waals surface area contributed by atoms with Gasteiger partial charge in [0.15, 0.2) is 11.9 Å². The molecule has 10 heteroatoms. The Morgan fingerprint density at radius 2 is 1.65 bits per heavy atom. The predicted molar refractivity (Wildman–Crippen MR) is 142 cm³/mol. The molecule has 0 bridgehead atoms. The Balaban J connectivity index is 1.78. The molecule has 4 rings (SSSR count). The molecule has 4 aromatic rings. The highest BCUT2D eigenvalue weighted by Gasteiger charge is 2.32. The number of carbonyl (C=O) groups is 2. The number of carboxylic acid groups (broad SMARTS) is 1. The number of aliphatic carboxylic acids is 1. The van der Waals surface area contributed by atoms with Crippen molar-refractivity contribution in [2.24, 2.45) is 0 Å². The van der Waals surface area contributed by atoms with E-state index in [9.17, 15) is 27.9 Å². The smallest absolute Gasteiger partial charge is 0.497 e. The second kappa shape index (κ2) is 11.8. The highest BCUT2D eigenvalue weighted by Crippen LogP contribution is 2.34. The second-order valence-electron chi connectivity index (χ2n) is 9.14. The Kier molecular flexibility index (Phi) is 8.49. The van der Waals surface area contributed by atoms with E-state index in [0.29, 0.717) is 33.5 Å². The van der Waals surface area contributed by atoms with E-state index in [2.05, 4.69) is 4.74 Å². The zero-order valence-corrected chi connectivity index (χ0v) is 22.1. The molecular weight excluding hydrogens is 527 g/mol. The van der Waals surface area contributed by atoms with Crippen LogP contribution in [0, 0.1) is 6.92 Å². The number of methoxy groups -OCH3 is 1. The number of rotatable bonds is 11. The molecule has 0 fully saturated rings. The number of nitrogens with zero attached hydrogens (tertiary/aromatic N) is 1. The monoisotopic (exact) mass is 555 g/mol. The summed E-state index contributed by atoms with van der Waals surface area (Å²) in [5.74, 6) is -1.18. The van der Waals surface area contributed by atoms with Crippen molar-refractivity contribution in [2.75, 3.05) is 13.7 Å². The second-order valence-corrected chi connectivity index (χ2v) is 9.14. The molecule has 3 aromatic carbocycles. The van der Waals surface area contributed by atoms with Crippen LogP contribution >= 0.6 is 0 Å². The first-order chi connectivity index (χ1) is 19.0. The van der Waals surface area contributed by atoms with Gasteiger partial charge in [-0.1, -0.05) is 24.3 Å². The van der Waals surface area contributed by atoms with Crippen molar-refractivity contribution < 1.29 is 42.1 Å². The van der Waals surface area contributed by atoms with Crippen LogP contribution in [-0.4, -0.2) is 47.6 Å². The van der Waals surface area contributed by atoms with Gasteiger partial charge in [0.1, 0.15) is 11.5 Å². The number of alkyl halides is 3. The highest BCUT2D eigenvalue weighted by molar-refractivity contribution is 6.17. The van der Waals surface area contributed by atoms with E-state index >= 15 is 0 Å². The lowest BCUT2D eigenvalue weighted by Crippen LogP contribution is -2.26. The van der Waals surface area contributed by atoms with Crippen LogP contribution in [0.5, 0.6) is 11.5 Å². The molecule has 7 nitrogen and oxygen atoms in total. The van der Waals surface area contributed by atoms with Gasteiger partial charge in [-0.3, -0.25) is 4.79 Å². The fraction of sp³-hybridized carbons (Fsp3) is 0.267. The Labute approximate surface area is 228 Å². The molecule has 0 saturated carbocycles. The molecule has 0 radical (unpaired) electrons. The highest BCUT2D eigenvalue weighted by atomic mass is 19.4. The summed E-state index contributed by atoms with van der Waals surface area (Å²) in [6.45, 7) is 3.92. The zero-order valence-electron chi connectivity index (χ0n) is 22.1. The maximum atomic E-state index is 13.6. The van der Waals surface area contributed by atoms with Crippen LogP contribution < -0.4 is 9.47 Å². The summed E-state index contributed by atoms with van der Waals surface area (Å²) in [6, 6.07) is 17.7. The molecule has 0 amide bonds. The van der Waals surface area contributed by atoms with Crippen molar-refractivity contribution in [3.63, 3.8) is 0 Å². The largest absolute Gasteiger partial charge is 0.573 e. The molecule has 40 heavy (non-hydrogen) atoms. The average Bonchev–Trinajstić information content (AvgIpc) is 3.17. The number of hydrogen-bond acceptors (Lipinski definition) is 5. The fourth-order valence-corrected chi connectivity index (χ4v) is 4.70. The normalized spacial score (nSPS) is 12.3. The molecule has 1 heterocycles. The summed E-state index contributed by atoms with van der Waals surface area (Å²) in [7, 11) is 1.52. The van der Waals surface area contributed by atoms with Gasteiger partial charge in [-0.05, 0) is 61.4 Å². The third-order valence-electron chi connectivity index (χ3n) is 6.51. The summed E-state index contributed by atoms with van der Waals surface area (Å²) in [4.78, 5) is 25.2. The van der Waals surface area contributed by atoms with Crippen LogP contribution in [0.1, 0.15) is 39.7 Å². The van der Waals surface area contributed by atoms with Gasteiger partial charge in [-0.25, -0.2) is 4.79 Å². The van der Waals surface area contributed by atoms with E-state index < -0.39 is 24.2 Å². The first kappa shape index (κ1) is 28.7. The molecule has 1 aromatic heterocycles. The predicted octanol–water partition coefficient (Wildman–Crippen LogP) is 6.17. The Hall–Kier alpha value is -4.31. The number of fused-ring (bicyclic) bond motifs is 1. The van der Waals surface area contributed by atoms with Crippen molar-refractivity contribution in [2.45, 2.75) is 39.3 Å². The molecule has 210 valence electrons. The van der Waals surface area contributed by atoms with Gasteiger partial charge in [-0.2, -0.15) is 0 Å². The van der Waals surface area contributed by atoms with Crippen molar-refractivity contribution in [1.29, 1.82) is 0 Å². The van der Waals surface area contributed by atoms with Crippen LogP contribution in [0.4, 0.5) is 13.2 Å². The van der Waals surface area contributed by atoms with E-state index in [-0.39, 0.29) is 25.4 Å². The van der Waals surface area contributed by atoms with Gasteiger partial charge in [0.25, 0.3) is 0 Å². The van der Waals surface area contributed by atoms with Gasteiger partial charge < -0.3 is 23.9 Å². The maximum Gasteiger partial charge on any atom is 0.573 e. The van der Waals surface area contributed by atoms with E-state index in [1.807, 2.05) is 12.1 Å². The number of carbonyl (C=O) groups excluding carboxylic acids is 1. The van der Waals surface area contributed by atoms with Crippen LogP contribution in [-0.2, 0) is 22.5 Å². The lowest BCUT2D eigenvalue weighted by molar-refractivity contribution is -0.274. The molecule has 0 aliphatic rings. The molecule has 1 N–H and O–H groups in total. The number of ether oxygens (including phenoxy) is 3. The Morgan fingerprint density at radius 3 is 2.27 bits per heavy atom. The van der Waals surface area contributed by atoms with E-state index in [4.69, 9.17) is 9.47 Å². The Morgan fingerprint density at radius 1 is 0.975 bits per heavy atom. The van der Waals surface area contributed by atoms with Gasteiger partial charge in [-0.15, -0.1) is 13.2 Å². The summed E-state index contributed by atoms with van der Waals surface area (Å²) >= 11 is 0. The molecule has 0 spiro atoms. The van der Waals surface area contributed by atoms with Crippen molar-refractivity contribution in [3.05, 3.63) is 94.7 Å². The maximum absolute atomic E-state index is 13.6. The standard InChI is InChI=1S/C30H28F3NO6/c1-4-39-26(29(36)37)15-19-6-5-7-20(14-19)17-34-18(2)27(28(35)21-8-10-22(38-3)11-9-21)24-13-12-23(16-25(24)34)40-30(31,32)33/h5-14,16,26H,4,15,17H2,1-3H3,(H,36,37). The molecule has 0 aliphatic carbocycles. The summed E-state index contributed by atoms with van der Waals surface area (Å²) < 4.78 is 55.4. The van der Waals surface area contributed by atoms with Crippen molar-refractivity contribution in [3.8, 4) is 11.5 Å². The SMILES string of the molecule is CCOC(Cc1cccc(Cn2c(C)c(C(=O)c3ccc(OC)cc3)c3ccc(OC(F)(F)F)cc32)c1)C(=O)O. The number of benzene rings is 3. The molecule has 0 aliphatic heterocycles. The molecule has 0 saturated heterocycles. The van der Waals surface area contributed by atoms with Gasteiger partial charge >= 0.3 is 12.3 Å². The van der Waals surface area contributed by atoms with E-state index in [1.165, 1.54) is 25.3 Å². The molecular formula is C30H28F3NO6. The third-order valence-corrected chi connectivity index (χ3v) is 6.51. The minimum Gasteiger partial charge on any atom is -0.497 e. The van der Waals surface area contributed by atoms with Gasteiger partial charge in [0.05, 0.1) is 18.2 Å². The van der Waals surface area contributed by atoms with Gasteiger partial charge in [0, 0.05) is 42.3 Å². The van der Waals surface area contributed by atoms with E-state index in [0.717, 1.165) is 11.1 Å². The first-order valence-corrected chi connectivity index (χ1v) is 12.5. The number of hydrogen-bond donors (Lipinski definition) is 1. The van der Waals surface area contributed by atoms with Crippen LogP contribution in [0.15, 0.2) is 66.7 Å². The minimum absolute atomic E-state index is 0.146. The summed E-state index contributed by atoms with van der Waals surface area (Å²) in [5, 5.41) is 9.93. The van der Waals surface area contributed by atoms with Gasteiger partial charge in [0.2, 0.25) is 0 Å². The van der Waals surface area contributed by atoms with Crippen LogP contribution in [0.3, 0.4) is 0 Å². The first-order valence-electron chi connectivity index (χ1n) is 12.5. The van der Waals surface area contributed by atoms with Crippen molar-refractivity contribution in [1.82, 2.24) is 4.57 Å². The summed E-state index contributed by atoms with van der Waals surface area (Å²) in [6.07, 6.45) is -5.74. The molecule has 1 atom stereocenters. The summed E-state index contributed by atoms with van der Waals surface area (Å²) in [5.41, 5.74) is 3.20. The quantitative estimate of drug-likeness (QED) is 0.223. The lowest BCUT2D eigenvalue weighted by atomic mass is 10.0. The van der Waals surface area contributed by atoms with E-state index in [1.54, 1.807) is 54.8 Å². The van der Waals surface area contributed by atoms with Crippen molar-refractivity contribution >= 4 is 22.7 Å². The number of ketones is 1. The Bertz CT molecular complexity index is 1530. The fourth-order valence-electron chi connectivity index (χ4n) is 4.70. The average molecular weight is 556 g/mol. The third kappa shape index (κ3) is 6.45. The lowest BCUT2D eigenvalue weighted by Gasteiger charge is -2.14.